The van der Waals surface area contributed by atoms with Crippen LogP contribution in [0.5, 0.6) is 23.0 Å². The zero-order chi connectivity index (χ0) is 48.0. The Balaban J connectivity index is 1.32. The normalized spacial score (nSPS) is 16.4. The summed E-state index contributed by atoms with van der Waals surface area (Å²) in [5.41, 5.74) is 21.3. The van der Waals surface area contributed by atoms with Crippen LogP contribution in [0.25, 0.3) is 22.3 Å². The number of carbonyl (C=O) groups excluding carboxylic acids is 4. The minimum absolute atomic E-state index is 0.0953. The van der Waals surface area contributed by atoms with Crippen LogP contribution in [0.3, 0.4) is 0 Å². The van der Waals surface area contributed by atoms with E-state index < -0.39 is 53.8 Å². The smallest absolute Gasteiger partial charge is 0.326 e. The van der Waals surface area contributed by atoms with E-state index in [2.05, 4.69) is 16.0 Å². The molecule has 16 nitrogen and oxygen atoms in total. The predicted molar refractivity (Wildman–Crippen MR) is 255 cm³/mol. The van der Waals surface area contributed by atoms with Gasteiger partial charge in [-0.2, -0.15) is 0 Å². The number of aliphatic carboxylic acids is 1. The maximum absolute atomic E-state index is 14.8. The number of nitrogens with two attached hydrogens (primary N) is 3. The number of carboxylic acid groups (broad SMARTS) is 1. The molecule has 1 aliphatic heterocycles. The lowest BCUT2D eigenvalue weighted by Gasteiger charge is -2.32. The molecule has 0 fully saturated rings. The minimum atomic E-state index is -1.38. The van der Waals surface area contributed by atoms with Gasteiger partial charge in [-0.3, -0.25) is 19.2 Å². The van der Waals surface area contributed by atoms with Gasteiger partial charge in [0.15, 0.2) is 0 Å². The maximum atomic E-state index is 14.8. The Morgan fingerprint density at radius 3 is 1.94 bits per heavy atom. The molecule has 17 heteroatoms. The van der Waals surface area contributed by atoms with E-state index >= 15 is 0 Å². The van der Waals surface area contributed by atoms with Crippen molar-refractivity contribution in [2.45, 2.75) is 56.8 Å². The number of hydrogen-bond acceptors (Lipinski definition) is 11. The van der Waals surface area contributed by atoms with Crippen molar-refractivity contribution in [3.8, 4) is 45.3 Å². The van der Waals surface area contributed by atoms with Crippen molar-refractivity contribution < 1.29 is 43.3 Å². The number of rotatable bonds is 18. The molecule has 1 heterocycles. The number of carbonyl (C=O) groups is 5. The third-order valence-corrected chi connectivity index (χ3v) is 11.4. The highest BCUT2D eigenvalue weighted by Gasteiger charge is 2.36. The van der Waals surface area contributed by atoms with Crippen LogP contribution in [-0.2, 0) is 25.6 Å². The molecule has 6 rings (SSSR count). The van der Waals surface area contributed by atoms with Gasteiger partial charge in [0, 0.05) is 48.3 Å². The van der Waals surface area contributed by atoms with Crippen molar-refractivity contribution in [1.82, 2.24) is 20.9 Å². The van der Waals surface area contributed by atoms with E-state index in [4.69, 9.17) is 43.0 Å². The second-order valence-corrected chi connectivity index (χ2v) is 16.5. The summed E-state index contributed by atoms with van der Waals surface area (Å²) >= 11 is 5.99. The van der Waals surface area contributed by atoms with Gasteiger partial charge in [0.25, 0.3) is 5.91 Å². The summed E-state index contributed by atoms with van der Waals surface area (Å²) in [6.45, 7) is 2.45. The quantitative estimate of drug-likeness (QED) is 0.0561. The number of carboxylic acids is 1. The Labute approximate surface area is 394 Å². The highest BCUT2D eigenvalue weighted by Crippen LogP contribution is 2.40. The van der Waals surface area contributed by atoms with Gasteiger partial charge in [-0.05, 0) is 128 Å². The van der Waals surface area contributed by atoms with Crippen LogP contribution in [0, 0.1) is 0 Å². The molecule has 0 saturated carbocycles. The fourth-order valence-electron chi connectivity index (χ4n) is 7.61. The molecule has 5 aromatic rings. The molecular weight excluding hydrogens is 878 g/mol. The molecule has 0 aliphatic carbocycles. The summed E-state index contributed by atoms with van der Waals surface area (Å²) < 4.78 is 18.1. The van der Waals surface area contributed by atoms with E-state index in [1.165, 1.54) is 18.9 Å². The lowest BCUT2D eigenvalue weighted by atomic mass is 9.93. The molecular formula is C50H56ClN7O9. The van der Waals surface area contributed by atoms with Gasteiger partial charge in [-0.25, -0.2) is 4.79 Å². The predicted octanol–water partition coefficient (Wildman–Crippen LogP) is 5.20. The summed E-state index contributed by atoms with van der Waals surface area (Å²) in [5.74, 6) is -1.85. The third kappa shape index (κ3) is 12.9. The number of unbranched alkanes of at least 4 members (excludes halogenated alkanes) is 1. The largest absolute Gasteiger partial charge is 0.492 e. The van der Waals surface area contributed by atoms with Crippen LogP contribution < -0.4 is 47.4 Å². The van der Waals surface area contributed by atoms with Crippen molar-refractivity contribution in [3.05, 3.63) is 131 Å². The van der Waals surface area contributed by atoms with Crippen LogP contribution in [0.2, 0.25) is 5.02 Å². The number of amides is 4. The summed E-state index contributed by atoms with van der Waals surface area (Å²) in [7, 11) is 1.44. The second-order valence-electron chi connectivity index (χ2n) is 16.0. The first-order valence-corrected chi connectivity index (χ1v) is 22.4. The van der Waals surface area contributed by atoms with Gasteiger partial charge in [0.2, 0.25) is 17.7 Å². The molecule has 10 N–H and O–H groups in total. The number of nitrogens with one attached hydrogen (secondary N) is 3. The first kappa shape index (κ1) is 49.5. The molecule has 0 aromatic heterocycles. The van der Waals surface area contributed by atoms with Gasteiger partial charge < -0.3 is 57.4 Å². The Bertz CT molecular complexity index is 2520. The lowest BCUT2D eigenvalue weighted by Crippen LogP contribution is -2.54. The molecule has 4 bridgehead atoms. The topological polar surface area (TPSA) is 251 Å². The number of benzene rings is 5. The van der Waals surface area contributed by atoms with Gasteiger partial charge in [-0.1, -0.05) is 48.0 Å². The van der Waals surface area contributed by atoms with E-state index in [1.807, 2.05) is 24.3 Å². The van der Waals surface area contributed by atoms with Gasteiger partial charge in [0.05, 0.1) is 0 Å². The Morgan fingerprint density at radius 2 is 1.34 bits per heavy atom. The Hall–Kier alpha value is -6.98. The number of likely N-dealkylation sites (N-methyl/N-ethyl adjacent to an activating group) is 1. The number of fused-ring (bicyclic) bond motifs is 5. The number of hydrogen-bond donors (Lipinski definition) is 7. The van der Waals surface area contributed by atoms with Crippen molar-refractivity contribution in [2.75, 3.05) is 39.9 Å². The Morgan fingerprint density at radius 1 is 0.761 bits per heavy atom. The average molecular weight is 934 g/mol. The first-order valence-electron chi connectivity index (χ1n) is 22.0. The van der Waals surface area contributed by atoms with Crippen molar-refractivity contribution >= 4 is 41.2 Å². The van der Waals surface area contributed by atoms with Gasteiger partial charge in [0.1, 0.15) is 60.4 Å². The molecule has 1 aliphatic rings. The fraction of sp³-hybridized carbons (Fsp3) is 0.300. The van der Waals surface area contributed by atoms with E-state index in [-0.39, 0.29) is 39.1 Å². The molecule has 0 saturated heterocycles. The van der Waals surface area contributed by atoms with E-state index in [0.29, 0.717) is 75.2 Å². The van der Waals surface area contributed by atoms with Gasteiger partial charge >= 0.3 is 5.97 Å². The summed E-state index contributed by atoms with van der Waals surface area (Å²) in [4.78, 5) is 70.4. The first-order chi connectivity index (χ1) is 32.3. The van der Waals surface area contributed by atoms with Crippen molar-refractivity contribution in [1.29, 1.82) is 0 Å². The van der Waals surface area contributed by atoms with E-state index in [1.54, 1.807) is 84.9 Å². The fourth-order valence-corrected chi connectivity index (χ4v) is 7.73. The standard InChI is InChI=1S/C50H56ClN7O9/c1-30-46(59)57-42(50(63)64)28-31-6-20-43(65-25-23-53)39(27-31)40-29-35(13-21-44(40)66-26-24-54)45(48(61)55-30)58(2)49(62)41(5-3-4-22-52)56-47(60)34-9-7-32(8-10-34)33-11-16-37(17-12-33)67-38-18-14-36(51)15-19-38/h6-21,27,29-30,41-42,45H,3-5,22-26,28,52-54H2,1-2H3,(H,55,61)(H,56,60)(H,57,59)(H,63,64)/t30-,41-,42-,45-/m0/s1. The van der Waals surface area contributed by atoms with E-state index in [9.17, 15) is 29.1 Å². The second kappa shape index (κ2) is 23.5. The van der Waals surface area contributed by atoms with Crippen LogP contribution in [-0.4, -0.2) is 97.6 Å². The zero-order valence-corrected chi connectivity index (χ0v) is 38.1. The number of halogens is 1. The SMILES string of the molecule is C[C@@H]1NC(=O)[C@@H](N(C)C(=O)[C@H](CCCCN)NC(=O)c2ccc(-c3ccc(Oc4ccc(Cl)cc4)cc3)cc2)c2ccc(OCCN)c(c2)-c2cc(ccc2OCCN)C[C@@H](C(=O)O)NC1=O. The molecule has 4 amide bonds. The maximum Gasteiger partial charge on any atom is 0.326 e. The third-order valence-electron chi connectivity index (χ3n) is 11.1. The van der Waals surface area contributed by atoms with Gasteiger partial charge in [-0.15, -0.1) is 0 Å². The van der Waals surface area contributed by atoms with Crippen LogP contribution in [0.1, 0.15) is 53.7 Å². The summed E-state index contributed by atoms with van der Waals surface area (Å²) in [6, 6.07) is 26.5. The van der Waals surface area contributed by atoms with Crippen LogP contribution >= 0.6 is 11.6 Å². The molecule has 0 unspecified atom stereocenters. The molecule has 352 valence electrons. The molecule has 67 heavy (non-hydrogen) atoms. The number of ether oxygens (including phenoxy) is 3. The Kier molecular flexibility index (Phi) is 17.3. The monoisotopic (exact) mass is 933 g/mol. The summed E-state index contributed by atoms with van der Waals surface area (Å²) in [5, 5.41) is 18.9. The van der Waals surface area contributed by atoms with E-state index in [0.717, 1.165) is 11.1 Å². The number of nitrogens with zero attached hydrogens (tertiary/aromatic N) is 1. The summed E-state index contributed by atoms with van der Waals surface area (Å²) in [6.07, 6.45) is 1.15. The van der Waals surface area contributed by atoms with Crippen molar-refractivity contribution in [3.63, 3.8) is 0 Å². The zero-order valence-electron chi connectivity index (χ0n) is 37.3. The minimum Gasteiger partial charge on any atom is -0.492 e. The van der Waals surface area contributed by atoms with Crippen LogP contribution in [0.4, 0.5) is 0 Å². The lowest BCUT2D eigenvalue weighted by molar-refractivity contribution is -0.143. The molecule has 4 atom stereocenters. The average Bonchev–Trinajstić information content (AvgIpc) is 3.33. The molecule has 0 radical (unpaired) electrons. The van der Waals surface area contributed by atoms with Crippen LogP contribution in [0.15, 0.2) is 109 Å². The van der Waals surface area contributed by atoms with Crippen molar-refractivity contribution in [2.24, 2.45) is 17.2 Å². The molecule has 5 aromatic carbocycles. The molecule has 0 spiro atoms. The highest BCUT2D eigenvalue weighted by molar-refractivity contribution is 6.30. The highest BCUT2D eigenvalue weighted by atomic mass is 35.5.